The molecule has 0 atom stereocenters. The minimum atomic E-state index is -0.365. The van der Waals surface area contributed by atoms with E-state index in [1.165, 1.54) is 6.07 Å². The third-order valence-electron chi connectivity index (χ3n) is 9.74. The van der Waals surface area contributed by atoms with Crippen molar-refractivity contribution in [3.8, 4) is 51.0 Å². The predicted octanol–water partition coefficient (Wildman–Crippen LogP) is 11.4. The van der Waals surface area contributed by atoms with Crippen molar-refractivity contribution in [1.29, 1.82) is 0 Å². The van der Waals surface area contributed by atoms with Gasteiger partial charge >= 0.3 is 0 Å². The van der Waals surface area contributed by atoms with Gasteiger partial charge in [-0.1, -0.05) is 109 Å². The number of nitrogens with zero attached hydrogens (tertiary/aromatic N) is 5. The highest BCUT2D eigenvalue weighted by Gasteiger charge is 2.22. The molecule has 250 valence electrons. The molecule has 0 N–H and O–H groups in total. The highest BCUT2D eigenvalue weighted by Crippen LogP contribution is 2.43. The van der Waals surface area contributed by atoms with Gasteiger partial charge in [0.2, 0.25) is 0 Å². The molecule has 10 rings (SSSR count). The van der Waals surface area contributed by atoms with Gasteiger partial charge in [-0.25, -0.2) is 15.0 Å². The molecule has 0 amide bonds. The molecule has 3 aromatic heterocycles. The summed E-state index contributed by atoms with van der Waals surface area (Å²) in [6.07, 6.45) is 0. The Hall–Kier alpha value is -7.45. The van der Waals surface area contributed by atoms with Gasteiger partial charge < -0.3 is 8.98 Å². The van der Waals surface area contributed by atoms with E-state index in [0.29, 0.717) is 23.0 Å². The Morgan fingerprint density at radius 2 is 1.13 bits per heavy atom. The van der Waals surface area contributed by atoms with Gasteiger partial charge in [0.25, 0.3) is 5.69 Å². The summed E-state index contributed by atoms with van der Waals surface area (Å²) in [5.41, 5.74) is 8.37. The Bertz CT molecular complexity index is 2980. The van der Waals surface area contributed by atoms with Gasteiger partial charge in [0.15, 0.2) is 17.5 Å². The van der Waals surface area contributed by atoms with Gasteiger partial charge in [-0.05, 0) is 48.0 Å². The third-order valence-corrected chi connectivity index (χ3v) is 9.74. The Balaban J connectivity index is 1.26. The topological polar surface area (TPSA) is 99.9 Å². The number of furan rings is 1. The zero-order valence-corrected chi connectivity index (χ0v) is 28.0. The van der Waals surface area contributed by atoms with Crippen molar-refractivity contribution in [2.24, 2.45) is 0 Å². The van der Waals surface area contributed by atoms with E-state index >= 15 is 0 Å². The molecule has 0 aliphatic carbocycles. The largest absolute Gasteiger partial charge is 0.455 e. The first kappa shape index (κ1) is 30.4. The Kier molecular flexibility index (Phi) is 6.94. The first-order chi connectivity index (χ1) is 26.1. The Labute approximate surface area is 302 Å². The highest BCUT2D eigenvalue weighted by atomic mass is 16.6. The number of aromatic nitrogens is 4. The molecule has 0 saturated carbocycles. The van der Waals surface area contributed by atoms with Gasteiger partial charge in [0.1, 0.15) is 11.2 Å². The van der Waals surface area contributed by atoms with Gasteiger partial charge in [0.05, 0.1) is 27.0 Å². The predicted molar refractivity (Wildman–Crippen MR) is 210 cm³/mol. The average molecular weight is 686 g/mol. The summed E-state index contributed by atoms with van der Waals surface area (Å²) >= 11 is 0. The van der Waals surface area contributed by atoms with Crippen LogP contribution in [0, 0.1) is 10.1 Å². The highest BCUT2D eigenvalue weighted by molar-refractivity contribution is 6.24. The minimum Gasteiger partial charge on any atom is -0.455 e. The Morgan fingerprint density at radius 1 is 0.509 bits per heavy atom. The maximum atomic E-state index is 12.0. The van der Waals surface area contributed by atoms with Crippen LogP contribution < -0.4 is 0 Å². The van der Waals surface area contributed by atoms with Crippen LogP contribution in [0.3, 0.4) is 0 Å². The lowest BCUT2D eigenvalue weighted by molar-refractivity contribution is -0.384. The summed E-state index contributed by atoms with van der Waals surface area (Å²) in [6.45, 7) is 0. The lowest BCUT2D eigenvalue weighted by Crippen LogP contribution is -2.02. The number of rotatable bonds is 6. The molecule has 0 bridgehead atoms. The number of para-hydroxylation sites is 2. The number of non-ortho nitro benzene ring substituents is 1. The quantitative estimate of drug-likeness (QED) is 0.128. The third kappa shape index (κ3) is 5.04. The van der Waals surface area contributed by atoms with Gasteiger partial charge in [0, 0.05) is 50.5 Å². The van der Waals surface area contributed by atoms with Crippen molar-refractivity contribution in [2.45, 2.75) is 0 Å². The monoisotopic (exact) mass is 685 g/mol. The maximum absolute atomic E-state index is 12.0. The summed E-state index contributed by atoms with van der Waals surface area (Å²) in [5.74, 6) is 1.59. The fourth-order valence-electron chi connectivity index (χ4n) is 7.32. The molecule has 0 aliphatic heterocycles. The lowest BCUT2D eigenvalue weighted by atomic mass is 9.99. The molecule has 3 heterocycles. The molecule has 7 aromatic carbocycles. The van der Waals surface area contributed by atoms with Crippen LogP contribution in [0.1, 0.15) is 0 Å². The molecular weight excluding hydrogens is 659 g/mol. The fraction of sp³-hybridized carbons (Fsp3) is 0. The molecule has 8 heteroatoms. The van der Waals surface area contributed by atoms with Crippen LogP contribution >= 0.6 is 0 Å². The molecule has 53 heavy (non-hydrogen) atoms. The van der Waals surface area contributed by atoms with Crippen molar-refractivity contribution in [3.63, 3.8) is 0 Å². The van der Waals surface area contributed by atoms with E-state index in [0.717, 1.165) is 71.7 Å². The van der Waals surface area contributed by atoms with Crippen molar-refractivity contribution in [1.82, 2.24) is 19.5 Å². The molecule has 0 fully saturated rings. The van der Waals surface area contributed by atoms with Crippen LogP contribution in [0.2, 0.25) is 0 Å². The van der Waals surface area contributed by atoms with Crippen LogP contribution in [0.5, 0.6) is 0 Å². The van der Waals surface area contributed by atoms with Crippen molar-refractivity contribution in [2.75, 3.05) is 0 Å². The van der Waals surface area contributed by atoms with E-state index in [2.05, 4.69) is 34.9 Å². The van der Waals surface area contributed by atoms with Crippen LogP contribution in [0.25, 0.3) is 94.7 Å². The van der Waals surface area contributed by atoms with Gasteiger partial charge in [-0.2, -0.15) is 0 Å². The second-order valence-corrected chi connectivity index (χ2v) is 12.9. The number of fused-ring (bicyclic) bond motifs is 7. The zero-order valence-electron chi connectivity index (χ0n) is 28.0. The van der Waals surface area contributed by atoms with Gasteiger partial charge in [-0.3, -0.25) is 10.1 Å². The van der Waals surface area contributed by atoms with Crippen molar-refractivity contribution >= 4 is 49.4 Å². The smallest absolute Gasteiger partial charge is 0.270 e. The summed E-state index contributed by atoms with van der Waals surface area (Å²) < 4.78 is 8.76. The first-order valence-corrected chi connectivity index (χ1v) is 17.2. The Morgan fingerprint density at radius 3 is 1.85 bits per heavy atom. The lowest BCUT2D eigenvalue weighted by Gasteiger charge is -2.16. The fourth-order valence-corrected chi connectivity index (χ4v) is 7.32. The molecule has 8 nitrogen and oxygen atoms in total. The molecular formula is C45H27N5O3. The van der Waals surface area contributed by atoms with Gasteiger partial charge in [-0.15, -0.1) is 0 Å². The maximum Gasteiger partial charge on any atom is 0.270 e. The summed E-state index contributed by atoms with van der Waals surface area (Å²) in [6, 6.07) is 53.1. The minimum absolute atomic E-state index is 0.00273. The van der Waals surface area contributed by atoms with E-state index in [9.17, 15) is 10.1 Å². The van der Waals surface area contributed by atoms with E-state index in [4.69, 9.17) is 19.4 Å². The zero-order chi connectivity index (χ0) is 35.5. The second-order valence-electron chi connectivity index (χ2n) is 12.9. The molecule has 0 spiro atoms. The normalized spacial score (nSPS) is 11.5. The molecule has 0 aliphatic rings. The summed E-state index contributed by atoms with van der Waals surface area (Å²) in [4.78, 5) is 26.5. The van der Waals surface area contributed by atoms with E-state index < -0.39 is 0 Å². The van der Waals surface area contributed by atoms with E-state index in [1.54, 1.807) is 12.1 Å². The van der Waals surface area contributed by atoms with Crippen LogP contribution in [-0.4, -0.2) is 24.4 Å². The van der Waals surface area contributed by atoms with Crippen molar-refractivity contribution in [3.05, 3.63) is 174 Å². The second kappa shape index (κ2) is 12.1. The number of benzene rings is 7. The number of nitro benzene ring substituents is 1. The molecule has 0 radical (unpaired) electrons. The van der Waals surface area contributed by atoms with E-state index in [1.807, 2.05) is 115 Å². The molecule has 0 unspecified atom stereocenters. The number of hydrogen-bond donors (Lipinski definition) is 0. The summed E-state index contributed by atoms with van der Waals surface area (Å²) in [5, 5.41) is 16.2. The first-order valence-electron chi connectivity index (χ1n) is 17.2. The molecule has 0 saturated heterocycles. The molecule has 10 aromatic rings. The van der Waals surface area contributed by atoms with E-state index in [-0.39, 0.29) is 10.6 Å². The SMILES string of the molecule is O=[N+]([O-])c1cccc(-c2cc(-c3nc(-c4ccccc4)nc(-c4ccccc4)n3)ccc2-n2c3ccccc3c3c4oc5ccccc5c4ccc32)c1. The van der Waals surface area contributed by atoms with Crippen LogP contribution in [0.15, 0.2) is 168 Å². The van der Waals surface area contributed by atoms with Crippen LogP contribution in [-0.2, 0) is 0 Å². The van der Waals surface area contributed by atoms with Crippen LogP contribution in [0.4, 0.5) is 5.69 Å². The number of nitro groups is 1. The van der Waals surface area contributed by atoms with Crippen molar-refractivity contribution < 1.29 is 9.34 Å². The number of hydrogen-bond acceptors (Lipinski definition) is 6. The standard InChI is InChI=1S/C45H27N5O3/c51-50(52)32-17-11-16-30(26-32)36-27-31(45-47-43(28-12-3-1-4-13-28)46-44(48-45)29-14-5-2-6-15-29)22-24-38(36)49-37-20-9-7-19-35(37)41-39(49)25-23-34-33-18-8-10-21-40(33)53-42(34)41/h1-27H. The average Bonchev–Trinajstić information content (AvgIpc) is 3.77. The summed E-state index contributed by atoms with van der Waals surface area (Å²) in [7, 11) is 0.